The van der Waals surface area contributed by atoms with Crippen LogP contribution in [0.5, 0.6) is 11.5 Å². The number of nitrogens with two attached hydrogens (primary N) is 1. The number of aliphatic imine (C=N–C) groups is 1. The molecule has 0 radical (unpaired) electrons. The van der Waals surface area contributed by atoms with Gasteiger partial charge in [-0.25, -0.2) is 0 Å². The van der Waals surface area contributed by atoms with E-state index in [-0.39, 0.29) is 24.0 Å². The molecule has 4 rings (SSSR count). The van der Waals surface area contributed by atoms with E-state index in [0.29, 0.717) is 25.7 Å². The Balaban J connectivity index is 0.00000225. The molecule has 0 bridgehead atoms. The summed E-state index contributed by atoms with van der Waals surface area (Å²) in [6, 6.07) is 12.1. The molecule has 1 aromatic heterocycles. The minimum absolute atomic E-state index is 0. The van der Waals surface area contributed by atoms with Gasteiger partial charge in [-0.1, -0.05) is 12.1 Å². The van der Waals surface area contributed by atoms with Gasteiger partial charge in [-0.3, -0.25) is 4.99 Å². The first-order valence-electron chi connectivity index (χ1n) is 9.22. The van der Waals surface area contributed by atoms with Crippen LogP contribution in [0.1, 0.15) is 17.5 Å². The van der Waals surface area contributed by atoms with Crippen molar-refractivity contribution in [1.29, 1.82) is 0 Å². The molecule has 0 saturated carbocycles. The Morgan fingerprint density at radius 3 is 2.82 bits per heavy atom. The molecule has 4 N–H and O–H groups in total. The molecular weight excluding hydrogens is 467 g/mol. The molecule has 2 heterocycles. The van der Waals surface area contributed by atoms with Crippen molar-refractivity contribution in [2.24, 2.45) is 10.7 Å². The van der Waals surface area contributed by atoms with E-state index in [9.17, 15) is 0 Å². The first-order chi connectivity index (χ1) is 13.2. The Morgan fingerprint density at radius 1 is 1.14 bits per heavy atom. The second-order valence-electron chi connectivity index (χ2n) is 6.72. The van der Waals surface area contributed by atoms with Crippen LogP contribution >= 0.6 is 24.0 Å². The van der Waals surface area contributed by atoms with E-state index in [4.69, 9.17) is 15.2 Å². The SMILES string of the molecule is Cc1ccc2c(CCN=C(N)Nc3ccc4c(c3)OCCCO4)c[nH]c2c1.I. The van der Waals surface area contributed by atoms with Gasteiger partial charge in [-0.05, 0) is 42.7 Å². The van der Waals surface area contributed by atoms with Crippen LogP contribution in [0.2, 0.25) is 0 Å². The van der Waals surface area contributed by atoms with Gasteiger partial charge in [0, 0.05) is 41.8 Å². The first kappa shape index (κ1) is 20.3. The Morgan fingerprint density at radius 2 is 1.96 bits per heavy atom. The average Bonchev–Trinajstić information content (AvgIpc) is 2.89. The number of hydrogen-bond acceptors (Lipinski definition) is 3. The summed E-state index contributed by atoms with van der Waals surface area (Å²) in [5.41, 5.74) is 10.5. The summed E-state index contributed by atoms with van der Waals surface area (Å²) in [4.78, 5) is 7.77. The number of aromatic nitrogens is 1. The Kier molecular flexibility index (Phi) is 6.66. The highest BCUT2D eigenvalue weighted by atomic mass is 127. The number of guanidine groups is 1. The number of hydrogen-bond donors (Lipinski definition) is 3. The molecule has 148 valence electrons. The van der Waals surface area contributed by atoms with Crippen molar-refractivity contribution in [3.8, 4) is 11.5 Å². The summed E-state index contributed by atoms with van der Waals surface area (Å²) in [6.07, 6.45) is 3.76. The normalized spacial score (nSPS) is 13.7. The number of H-pyrrole nitrogens is 1. The highest BCUT2D eigenvalue weighted by Crippen LogP contribution is 2.32. The summed E-state index contributed by atoms with van der Waals surface area (Å²) < 4.78 is 11.3. The van der Waals surface area contributed by atoms with Crippen LogP contribution in [0.4, 0.5) is 5.69 Å². The fourth-order valence-electron chi connectivity index (χ4n) is 3.23. The van der Waals surface area contributed by atoms with Crippen molar-refractivity contribution in [2.75, 3.05) is 25.1 Å². The third-order valence-electron chi connectivity index (χ3n) is 4.61. The van der Waals surface area contributed by atoms with Crippen molar-refractivity contribution < 1.29 is 9.47 Å². The summed E-state index contributed by atoms with van der Waals surface area (Å²) in [5.74, 6) is 1.89. The number of nitrogens with one attached hydrogen (secondary N) is 2. The van der Waals surface area contributed by atoms with Gasteiger partial charge in [0.15, 0.2) is 17.5 Å². The van der Waals surface area contributed by atoms with Gasteiger partial charge in [-0.15, -0.1) is 24.0 Å². The van der Waals surface area contributed by atoms with Gasteiger partial charge in [0.2, 0.25) is 0 Å². The van der Waals surface area contributed by atoms with Gasteiger partial charge < -0.3 is 25.5 Å². The predicted octanol–water partition coefficient (Wildman–Crippen LogP) is 4.22. The van der Waals surface area contributed by atoms with Gasteiger partial charge in [0.25, 0.3) is 0 Å². The Hall–Kier alpha value is -2.42. The van der Waals surface area contributed by atoms with Crippen molar-refractivity contribution in [3.05, 3.63) is 53.7 Å². The minimum atomic E-state index is 0. The van der Waals surface area contributed by atoms with Crippen LogP contribution in [0.25, 0.3) is 10.9 Å². The maximum absolute atomic E-state index is 6.04. The molecule has 0 spiro atoms. The lowest BCUT2D eigenvalue weighted by atomic mass is 10.1. The largest absolute Gasteiger partial charge is 0.490 e. The van der Waals surface area contributed by atoms with Crippen LogP contribution in [0.3, 0.4) is 0 Å². The second-order valence-corrected chi connectivity index (χ2v) is 6.72. The van der Waals surface area contributed by atoms with Crippen molar-refractivity contribution >= 4 is 46.5 Å². The van der Waals surface area contributed by atoms with Gasteiger partial charge in [-0.2, -0.15) is 0 Å². The maximum Gasteiger partial charge on any atom is 0.193 e. The Labute approximate surface area is 181 Å². The average molecular weight is 492 g/mol. The number of rotatable bonds is 4. The van der Waals surface area contributed by atoms with Gasteiger partial charge in [0.05, 0.1) is 13.2 Å². The molecule has 0 unspecified atom stereocenters. The molecule has 6 nitrogen and oxygen atoms in total. The first-order valence-corrected chi connectivity index (χ1v) is 9.22. The number of aromatic amines is 1. The molecule has 3 aromatic rings. The molecule has 1 aliphatic heterocycles. The van der Waals surface area contributed by atoms with Crippen molar-refractivity contribution in [2.45, 2.75) is 19.8 Å². The van der Waals surface area contributed by atoms with E-state index in [1.165, 1.54) is 16.5 Å². The zero-order valence-electron chi connectivity index (χ0n) is 15.8. The van der Waals surface area contributed by atoms with Crippen LogP contribution in [-0.4, -0.2) is 30.7 Å². The molecule has 7 heteroatoms. The van der Waals surface area contributed by atoms with E-state index in [2.05, 4.69) is 40.4 Å². The number of anilines is 1. The topological polar surface area (TPSA) is 84.7 Å². The molecule has 1 aliphatic rings. The summed E-state index contributed by atoms with van der Waals surface area (Å²) >= 11 is 0. The van der Waals surface area contributed by atoms with E-state index in [1.54, 1.807) is 0 Å². The molecule has 28 heavy (non-hydrogen) atoms. The number of fused-ring (bicyclic) bond motifs is 2. The van der Waals surface area contributed by atoms with E-state index in [1.807, 2.05) is 24.4 Å². The van der Waals surface area contributed by atoms with Crippen molar-refractivity contribution in [1.82, 2.24) is 4.98 Å². The molecule has 0 saturated heterocycles. The number of ether oxygens (including phenoxy) is 2. The lowest BCUT2D eigenvalue weighted by Gasteiger charge is -2.10. The zero-order valence-corrected chi connectivity index (χ0v) is 18.2. The van der Waals surface area contributed by atoms with Crippen LogP contribution in [0, 0.1) is 6.92 Å². The van der Waals surface area contributed by atoms with E-state index in [0.717, 1.165) is 35.5 Å². The lowest BCUT2D eigenvalue weighted by molar-refractivity contribution is 0.297. The number of benzene rings is 2. The standard InChI is InChI=1S/C21H24N4O2.HI/c1-14-3-5-17-15(13-24-18(17)11-14)7-8-23-21(22)25-16-4-6-19-20(12-16)27-10-2-9-26-19;/h3-6,11-13,24H,2,7-10H2,1H3,(H3,22,23,25);1H. The maximum atomic E-state index is 6.04. The number of nitrogens with zero attached hydrogens (tertiary/aromatic N) is 1. The molecule has 0 atom stereocenters. The number of halogens is 1. The van der Waals surface area contributed by atoms with Crippen LogP contribution in [-0.2, 0) is 6.42 Å². The fourth-order valence-corrected chi connectivity index (χ4v) is 3.23. The van der Waals surface area contributed by atoms with E-state index < -0.39 is 0 Å². The third-order valence-corrected chi connectivity index (χ3v) is 4.61. The number of aryl methyl sites for hydroxylation is 1. The van der Waals surface area contributed by atoms with Crippen LogP contribution < -0.4 is 20.5 Å². The highest BCUT2D eigenvalue weighted by molar-refractivity contribution is 14.0. The predicted molar refractivity (Wildman–Crippen MR) is 124 cm³/mol. The van der Waals surface area contributed by atoms with Gasteiger partial charge in [0.1, 0.15) is 0 Å². The third kappa shape index (κ3) is 4.70. The van der Waals surface area contributed by atoms with Gasteiger partial charge >= 0.3 is 0 Å². The lowest BCUT2D eigenvalue weighted by Crippen LogP contribution is -2.23. The smallest absolute Gasteiger partial charge is 0.193 e. The van der Waals surface area contributed by atoms with Crippen LogP contribution in [0.15, 0.2) is 47.6 Å². The molecular formula is C21H25IN4O2. The fraction of sp³-hybridized carbons (Fsp3) is 0.286. The second kappa shape index (κ2) is 9.18. The monoisotopic (exact) mass is 492 g/mol. The summed E-state index contributed by atoms with van der Waals surface area (Å²) in [6.45, 7) is 4.04. The molecule has 2 aromatic carbocycles. The summed E-state index contributed by atoms with van der Waals surface area (Å²) in [7, 11) is 0. The molecule has 0 fully saturated rings. The molecule has 0 amide bonds. The summed E-state index contributed by atoms with van der Waals surface area (Å²) in [5, 5.41) is 4.36. The zero-order chi connectivity index (χ0) is 18.6. The van der Waals surface area contributed by atoms with Crippen molar-refractivity contribution in [3.63, 3.8) is 0 Å². The quantitative estimate of drug-likeness (QED) is 0.289. The van der Waals surface area contributed by atoms with E-state index >= 15 is 0 Å². The highest BCUT2D eigenvalue weighted by Gasteiger charge is 2.11. The molecule has 0 aliphatic carbocycles. The minimum Gasteiger partial charge on any atom is -0.490 e. The Bertz CT molecular complexity index is 984.